The Morgan fingerprint density at radius 2 is 1.13 bits per heavy atom. The molecule has 0 aromatic heterocycles. The molecular formula is C40H49O6P. The van der Waals surface area contributed by atoms with Crippen molar-refractivity contribution in [2.45, 2.75) is 115 Å². The highest BCUT2D eigenvalue weighted by atomic mass is 31.2. The van der Waals surface area contributed by atoms with E-state index in [1.807, 2.05) is 48.5 Å². The van der Waals surface area contributed by atoms with Gasteiger partial charge < -0.3 is 14.0 Å². The number of unbranched alkanes of at least 4 members (excludes halogenated alkanes) is 10. The van der Waals surface area contributed by atoms with Gasteiger partial charge in [0, 0.05) is 29.5 Å². The van der Waals surface area contributed by atoms with Gasteiger partial charge in [-0.05, 0) is 55.5 Å². The van der Waals surface area contributed by atoms with E-state index >= 15 is 4.57 Å². The predicted molar refractivity (Wildman–Crippen MR) is 188 cm³/mol. The number of carbonyl (C=O) groups excluding carboxylic acids is 2. The van der Waals surface area contributed by atoms with Gasteiger partial charge in [0.25, 0.3) is 0 Å². The van der Waals surface area contributed by atoms with Crippen molar-refractivity contribution >= 4 is 29.5 Å². The second-order valence-electron chi connectivity index (χ2n) is 13.5. The van der Waals surface area contributed by atoms with Gasteiger partial charge >= 0.3 is 7.37 Å². The van der Waals surface area contributed by atoms with Crippen LogP contribution in [0.15, 0.2) is 66.7 Å². The molecule has 3 atom stereocenters. The van der Waals surface area contributed by atoms with E-state index < -0.39 is 7.37 Å². The maximum absolute atomic E-state index is 15.2. The first-order valence-electron chi connectivity index (χ1n) is 18.0. The van der Waals surface area contributed by atoms with Crippen LogP contribution < -0.4 is 15.1 Å². The van der Waals surface area contributed by atoms with Crippen molar-refractivity contribution in [3.8, 4) is 16.9 Å². The second-order valence-corrected chi connectivity index (χ2v) is 15.7. The number of epoxide rings is 2. The van der Waals surface area contributed by atoms with Crippen LogP contribution in [-0.2, 0) is 14.0 Å². The Hall–Kier alpha value is -3.05. The Labute approximate surface area is 280 Å². The van der Waals surface area contributed by atoms with Crippen LogP contribution in [0.1, 0.15) is 123 Å². The largest absolute Gasteiger partial charge is 0.436 e. The number of carbonyl (C=O) groups is 2. The molecule has 3 unspecified atom stereocenters. The van der Waals surface area contributed by atoms with E-state index in [-0.39, 0.29) is 11.6 Å². The third-order valence-corrected chi connectivity index (χ3v) is 12.2. The van der Waals surface area contributed by atoms with Crippen molar-refractivity contribution in [3.05, 3.63) is 77.9 Å². The molecule has 3 aliphatic heterocycles. The zero-order chi connectivity index (χ0) is 32.5. The summed E-state index contributed by atoms with van der Waals surface area (Å²) in [6.07, 6.45) is 17.1. The van der Waals surface area contributed by atoms with Crippen LogP contribution in [0.3, 0.4) is 0 Å². The highest BCUT2D eigenvalue weighted by Crippen LogP contribution is 2.54. The lowest BCUT2D eigenvalue weighted by Crippen LogP contribution is -2.29. The van der Waals surface area contributed by atoms with E-state index in [4.69, 9.17) is 14.0 Å². The topological polar surface area (TPSA) is 85.5 Å². The number of para-hydroxylation sites is 1. The van der Waals surface area contributed by atoms with Gasteiger partial charge in [-0.25, -0.2) is 0 Å². The molecule has 0 saturated carbocycles. The number of ether oxygens (including phenoxy) is 2. The zero-order valence-electron chi connectivity index (χ0n) is 27.6. The molecule has 250 valence electrons. The third-order valence-electron chi connectivity index (χ3n) is 9.73. The lowest BCUT2D eigenvalue weighted by molar-refractivity contribution is 0.0968. The van der Waals surface area contributed by atoms with Crippen LogP contribution >= 0.6 is 7.37 Å². The van der Waals surface area contributed by atoms with Gasteiger partial charge in [0.2, 0.25) is 0 Å². The molecule has 2 saturated heterocycles. The Bertz CT molecular complexity index is 1570. The second kappa shape index (κ2) is 16.4. The Morgan fingerprint density at radius 1 is 0.596 bits per heavy atom. The number of fused-ring (bicyclic) bond motifs is 3. The van der Waals surface area contributed by atoms with Crippen molar-refractivity contribution in [1.82, 2.24) is 0 Å². The SMILES string of the molecule is O=C(CCCCCCCCC1CO1)c1ccc(C(=O)CCCCCCCCC2CO2)c(P2(=O)Oc3ccccc3-c3ccccc32)c1. The van der Waals surface area contributed by atoms with Crippen molar-refractivity contribution in [2.24, 2.45) is 0 Å². The van der Waals surface area contributed by atoms with Gasteiger partial charge in [0.15, 0.2) is 11.6 Å². The molecule has 0 amide bonds. The molecule has 2 fully saturated rings. The lowest BCUT2D eigenvalue weighted by Gasteiger charge is -2.30. The van der Waals surface area contributed by atoms with Crippen LogP contribution in [0, 0.1) is 0 Å². The van der Waals surface area contributed by atoms with Crippen LogP contribution in [0.4, 0.5) is 0 Å². The quantitative estimate of drug-likeness (QED) is 0.0492. The Kier molecular flexibility index (Phi) is 11.8. The van der Waals surface area contributed by atoms with Crippen molar-refractivity contribution in [1.29, 1.82) is 0 Å². The Balaban J connectivity index is 1.14. The summed E-state index contributed by atoms with van der Waals surface area (Å²) < 4.78 is 32.2. The van der Waals surface area contributed by atoms with Crippen LogP contribution in [-0.4, -0.2) is 37.0 Å². The summed E-state index contributed by atoms with van der Waals surface area (Å²) in [7, 11) is -3.75. The van der Waals surface area contributed by atoms with Crippen molar-refractivity contribution in [3.63, 3.8) is 0 Å². The highest BCUT2D eigenvalue weighted by molar-refractivity contribution is 7.75. The van der Waals surface area contributed by atoms with Crippen molar-refractivity contribution in [2.75, 3.05) is 13.2 Å². The monoisotopic (exact) mass is 656 g/mol. The maximum atomic E-state index is 15.2. The average Bonchev–Trinajstić information content (AvgIpc) is 4.04. The molecule has 6 nitrogen and oxygen atoms in total. The summed E-state index contributed by atoms with van der Waals surface area (Å²) in [4.78, 5) is 27.2. The van der Waals surface area contributed by atoms with E-state index in [9.17, 15) is 9.59 Å². The molecule has 0 radical (unpaired) electrons. The summed E-state index contributed by atoms with van der Waals surface area (Å²) >= 11 is 0. The standard InChI is InChI=1S/C40H49O6P/c41-36(21-11-7-3-1-5-9-17-31-28-44-31)30-25-26-35(37(42)22-12-8-4-2-6-10-18-32-29-45-32)40(27-30)47(43)39-24-16-14-20-34(39)33-19-13-15-23-38(33)46-47/h13-16,19-20,23-27,31-32H,1-12,17-18,21-22,28-29H2. The molecule has 0 bridgehead atoms. The van der Waals surface area contributed by atoms with E-state index in [0.717, 1.165) is 75.7 Å². The van der Waals surface area contributed by atoms with Crippen molar-refractivity contribution < 1.29 is 28.2 Å². The Morgan fingerprint density at radius 3 is 1.77 bits per heavy atom. The molecule has 3 heterocycles. The lowest BCUT2D eigenvalue weighted by atomic mass is 9.99. The third kappa shape index (κ3) is 9.10. The summed E-state index contributed by atoms with van der Waals surface area (Å²) in [5.74, 6) is 0.498. The number of Topliss-reactive ketones (excluding diaryl/α,β-unsaturated/α-hetero) is 2. The van der Waals surface area contributed by atoms with E-state index in [1.165, 1.54) is 38.5 Å². The fraction of sp³-hybridized carbons (Fsp3) is 0.500. The number of hydrogen-bond acceptors (Lipinski definition) is 6. The molecule has 3 aromatic carbocycles. The van der Waals surface area contributed by atoms with E-state index in [0.29, 0.717) is 52.5 Å². The minimum atomic E-state index is -3.75. The molecule has 3 aliphatic rings. The molecule has 0 aliphatic carbocycles. The van der Waals surface area contributed by atoms with Gasteiger partial charge in [-0.1, -0.05) is 107 Å². The highest BCUT2D eigenvalue weighted by Gasteiger charge is 2.40. The summed E-state index contributed by atoms with van der Waals surface area (Å²) in [5.41, 5.74) is 2.61. The normalized spacial score (nSPS) is 20.6. The van der Waals surface area contributed by atoms with Crippen LogP contribution in [0.5, 0.6) is 5.75 Å². The molecule has 7 heteroatoms. The number of ketones is 2. The molecular weight excluding hydrogens is 607 g/mol. The van der Waals surface area contributed by atoms with Gasteiger partial charge in [0.1, 0.15) is 5.75 Å². The molecule has 0 N–H and O–H groups in total. The summed E-state index contributed by atoms with van der Waals surface area (Å²) in [6.45, 7) is 1.85. The molecule has 47 heavy (non-hydrogen) atoms. The summed E-state index contributed by atoms with van der Waals surface area (Å²) in [6, 6.07) is 20.3. The van der Waals surface area contributed by atoms with Crippen LogP contribution in [0.2, 0.25) is 0 Å². The molecule has 6 rings (SSSR count). The van der Waals surface area contributed by atoms with Crippen LogP contribution in [0.25, 0.3) is 11.1 Å². The maximum Gasteiger partial charge on any atom is 0.308 e. The predicted octanol–water partition coefficient (Wildman–Crippen LogP) is 9.38. The zero-order valence-corrected chi connectivity index (χ0v) is 28.5. The molecule has 0 spiro atoms. The number of hydrogen-bond donors (Lipinski definition) is 0. The first-order chi connectivity index (χ1) is 23.0. The first kappa shape index (κ1) is 33.8. The fourth-order valence-electron chi connectivity index (χ4n) is 6.76. The van der Waals surface area contributed by atoms with E-state index in [2.05, 4.69) is 0 Å². The minimum absolute atomic E-state index is 0.0154. The number of benzene rings is 3. The van der Waals surface area contributed by atoms with Gasteiger partial charge in [-0.3, -0.25) is 14.2 Å². The average molecular weight is 657 g/mol. The summed E-state index contributed by atoms with van der Waals surface area (Å²) in [5, 5.41) is 0.916. The number of rotatable bonds is 21. The first-order valence-corrected chi connectivity index (χ1v) is 19.6. The smallest absolute Gasteiger partial charge is 0.308 e. The van der Waals surface area contributed by atoms with Gasteiger partial charge in [-0.2, -0.15) is 0 Å². The molecule has 3 aromatic rings. The van der Waals surface area contributed by atoms with Gasteiger partial charge in [0.05, 0.1) is 36.0 Å². The van der Waals surface area contributed by atoms with Gasteiger partial charge in [-0.15, -0.1) is 0 Å². The minimum Gasteiger partial charge on any atom is -0.436 e. The van der Waals surface area contributed by atoms with E-state index in [1.54, 1.807) is 18.2 Å². The fourth-order valence-corrected chi connectivity index (χ4v) is 9.27.